The number of nitrogens with zero attached hydrogens (tertiary/aromatic N) is 1. The van der Waals surface area contributed by atoms with Crippen LogP contribution < -0.4 is 0 Å². The molecule has 0 unspecified atom stereocenters. The van der Waals surface area contributed by atoms with E-state index in [0.29, 0.717) is 6.42 Å². The zero-order valence-corrected chi connectivity index (χ0v) is 11.9. The molecule has 19 heavy (non-hydrogen) atoms. The van der Waals surface area contributed by atoms with Crippen LogP contribution in [-0.4, -0.2) is 10.8 Å². The Morgan fingerprint density at radius 1 is 1.32 bits per heavy atom. The van der Waals surface area contributed by atoms with Gasteiger partial charge in [-0.05, 0) is 31.2 Å². The van der Waals surface area contributed by atoms with Gasteiger partial charge in [0.15, 0.2) is 5.78 Å². The quantitative estimate of drug-likeness (QED) is 0.782. The number of rotatable bonds is 4. The third-order valence-corrected chi connectivity index (χ3v) is 4.64. The maximum atomic E-state index is 12.2. The molecule has 2 aromatic rings. The lowest BCUT2D eigenvalue weighted by Gasteiger charge is -2.25. The van der Waals surface area contributed by atoms with Gasteiger partial charge >= 0.3 is 0 Å². The highest BCUT2D eigenvalue weighted by molar-refractivity contribution is 7.09. The maximum absolute atomic E-state index is 12.2. The standard InChI is InChI=1S/C16H17NOS/c1-11-17-15(10-19-11)9-16(18)14-7-5-13(6-8-14)12-3-2-4-12/h5-8,10,12H,2-4,9H2,1H3. The molecule has 0 saturated heterocycles. The fraction of sp³-hybridized carbons (Fsp3) is 0.375. The predicted molar refractivity (Wildman–Crippen MR) is 77.9 cm³/mol. The molecule has 0 spiro atoms. The van der Waals surface area contributed by atoms with E-state index in [2.05, 4.69) is 17.1 Å². The van der Waals surface area contributed by atoms with Crippen LogP contribution in [0.3, 0.4) is 0 Å². The molecule has 1 heterocycles. The summed E-state index contributed by atoms with van der Waals surface area (Å²) in [7, 11) is 0. The summed E-state index contributed by atoms with van der Waals surface area (Å²) in [6, 6.07) is 8.16. The number of hydrogen-bond acceptors (Lipinski definition) is 3. The molecule has 0 N–H and O–H groups in total. The van der Waals surface area contributed by atoms with Crippen molar-refractivity contribution in [3.63, 3.8) is 0 Å². The van der Waals surface area contributed by atoms with E-state index < -0.39 is 0 Å². The average Bonchev–Trinajstić information content (AvgIpc) is 2.73. The van der Waals surface area contributed by atoms with E-state index in [1.165, 1.54) is 24.8 Å². The normalized spacial score (nSPS) is 15.2. The molecule has 0 bridgehead atoms. The Labute approximate surface area is 117 Å². The van der Waals surface area contributed by atoms with Crippen molar-refractivity contribution in [1.29, 1.82) is 0 Å². The molecule has 1 saturated carbocycles. The summed E-state index contributed by atoms with van der Waals surface area (Å²) in [4.78, 5) is 16.5. The number of aromatic nitrogens is 1. The second kappa shape index (κ2) is 5.25. The molecule has 0 aliphatic heterocycles. The monoisotopic (exact) mass is 271 g/mol. The molecule has 1 fully saturated rings. The van der Waals surface area contributed by atoms with E-state index in [9.17, 15) is 4.79 Å². The van der Waals surface area contributed by atoms with Crippen LogP contribution in [0.4, 0.5) is 0 Å². The van der Waals surface area contributed by atoms with Gasteiger partial charge in [-0.2, -0.15) is 0 Å². The van der Waals surface area contributed by atoms with Crippen molar-refractivity contribution < 1.29 is 4.79 Å². The lowest BCUT2D eigenvalue weighted by atomic mass is 9.80. The van der Waals surface area contributed by atoms with E-state index in [4.69, 9.17) is 0 Å². The van der Waals surface area contributed by atoms with Crippen LogP contribution in [-0.2, 0) is 6.42 Å². The van der Waals surface area contributed by atoms with Gasteiger partial charge in [0.1, 0.15) is 0 Å². The van der Waals surface area contributed by atoms with Gasteiger partial charge in [-0.3, -0.25) is 4.79 Å². The number of thiazole rings is 1. The zero-order valence-electron chi connectivity index (χ0n) is 11.1. The molecule has 1 aromatic carbocycles. The summed E-state index contributed by atoms with van der Waals surface area (Å²) in [6.45, 7) is 1.96. The van der Waals surface area contributed by atoms with Gasteiger partial charge in [-0.15, -0.1) is 11.3 Å². The van der Waals surface area contributed by atoms with Crippen LogP contribution in [0.1, 0.15) is 51.8 Å². The Morgan fingerprint density at radius 3 is 2.58 bits per heavy atom. The zero-order chi connectivity index (χ0) is 13.2. The molecule has 1 aromatic heterocycles. The first kappa shape index (κ1) is 12.5. The highest BCUT2D eigenvalue weighted by Crippen LogP contribution is 2.36. The summed E-state index contributed by atoms with van der Waals surface area (Å²) in [5, 5.41) is 2.99. The van der Waals surface area contributed by atoms with Gasteiger partial charge in [-0.25, -0.2) is 4.98 Å². The van der Waals surface area contributed by atoms with E-state index >= 15 is 0 Å². The van der Waals surface area contributed by atoms with E-state index in [0.717, 1.165) is 22.2 Å². The Balaban J connectivity index is 1.69. The molecular weight excluding hydrogens is 254 g/mol. The minimum absolute atomic E-state index is 0.158. The van der Waals surface area contributed by atoms with Gasteiger partial charge in [0.05, 0.1) is 17.1 Å². The Bertz CT molecular complexity index is 581. The molecule has 98 valence electrons. The van der Waals surface area contributed by atoms with Crippen LogP contribution in [0.2, 0.25) is 0 Å². The Morgan fingerprint density at radius 2 is 2.05 bits per heavy atom. The van der Waals surface area contributed by atoms with Gasteiger partial charge in [0.25, 0.3) is 0 Å². The van der Waals surface area contributed by atoms with Gasteiger partial charge < -0.3 is 0 Å². The lowest BCUT2D eigenvalue weighted by Crippen LogP contribution is -2.09. The second-order valence-electron chi connectivity index (χ2n) is 5.21. The molecule has 1 aliphatic carbocycles. The van der Waals surface area contributed by atoms with Gasteiger partial charge in [0.2, 0.25) is 0 Å². The van der Waals surface area contributed by atoms with Crippen LogP contribution >= 0.6 is 11.3 Å². The third-order valence-electron chi connectivity index (χ3n) is 3.82. The van der Waals surface area contributed by atoms with Crippen LogP contribution in [0.5, 0.6) is 0 Å². The van der Waals surface area contributed by atoms with E-state index in [-0.39, 0.29) is 5.78 Å². The van der Waals surface area contributed by atoms with Crippen LogP contribution in [0.15, 0.2) is 29.6 Å². The van der Waals surface area contributed by atoms with E-state index in [1.54, 1.807) is 11.3 Å². The average molecular weight is 271 g/mol. The van der Waals surface area contributed by atoms with Crippen LogP contribution in [0, 0.1) is 6.92 Å². The van der Waals surface area contributed by atoms with Crippen molar-refractivity contribution in [2.75, 3.05) is 0 Å². The molecule has 2 nitrogen and oxygen atoms in total. The Hall–Kier alpha value is -1.48. The van der Waals surface area contributed by atoms with Crippen molar-refractivity contribution in [2.24, 2.45) is 0 Å². The fourth-order valence-electron chi connectivity index (χ4n) is 2.44. The summed E-state index contributed by atoms with van der Waals surface area (Å²) >= 11 is 1.60. The van der Waals surface area contributed by atoms with Crippen molar-refractivity contribution in [1.82, 2.24) is 4.98 Å². The molecule has 3 rings (SSSR count). The molecule has 0 atom stereocenters. The first-order chi connectivity index (χ1) is 9.22. The minimum atomic E-state index is 0.158. The number of carbonyl (C=O) groups is 1. The number of ketones is 1. The summed E-state index contributed by atoms with van der Waals surface area (Å²) in [5.74, 6) is 0.885. The predicted octanol–water partition coefficient (Wildman–Crippen LogP) is 4.14. The largest absolute Gasteiger partial charge is 0.294 e. The summed E-state index contributed by atoms with van der Waals surface area (Å²) < 4.78 is 0. The SMILES string of the molecule is Cc1nc(CC(=O)c2ccc(C3CCC3)cc2)cs1. The highest BCUT2D eigenvalue weighted by atomic mass is 32.1. The maximum Gasteiger partial charge on any atom is 0.168 e. The van der Waals surface area contributed by atoms with Crippen molar-refractivity contribution in [3.05, 3.63) is 51.5 Å². The number of benzene rings is 1. The summed E-state index contributed by atoms with van der Waals surface area (Å²) in [5.41, 5.74) is 3.07. The third kappa shape index (κ3) is 2.76. The smallest absolute Gasteiger partial charge is 0.168 e. The lowest BCUT2D eigenvalue weighted by molar-refractivity contribution is 0.0992. The van der Waals surface area contributed by atoms with E-state index in [1.807, 2.05) is 24.4 Å². The van der Waals surface area contributed by atoms with Crippen molar-refractivity contribution in [3.8, 4) is 0 Å². The number of aryl methyl sites for hydroxylation is 1. The first-order valence-electron chi connectivity index (χ1n) is 6.76. The highest BCUT2D eigenvalue weighted by Gasteiger charge is 2.19. The topological polar surface area (TPSA) is 30.0 Å². The molecule has 0 radical (unpaired) electrons. The number of Topliss-reactive ketones (excluding diaryl/α,β-unsaturated/α-hetero) is 1. The molecule has 3 heteroatoms. The van der Waals surface area contributed by atoms with Crippen molar-refractivity contribution in [2.45, 2.75) is 38.5 Å². The Kier molecular flexibility index (Phi) is 3.47. The molecular formula is C16H17NOS. The van der Waals surface area contributed by atoms with Crippen LogP contribution in [0.25, 0.3) is 0 Å². The second-order valence-corrected chi connectivity index (χ2v) is 6.27. The van der Waals surface area contributed by atoms with Gasteiger partial charge in [0, 0.05) is 10.9 Å². The first-order valence-corrected chi connectivity index (χ1v) is 7.64. The van der Waals surface area contributed by atoms with Gasteiger partial charge in [-0.1, -0.05) is 30.7 Å². The number of carbonyl (C=O) groups excluding carboxylic acids is 1. The summed E-state index contributed by atoms with van der Waals surface area (Å²) in [6.07, 6.45) is 4.35. The molecule has 0 amide bonds. The minimum Gasteiger partial charge on any atom is -0.294 e. The number of hydrogen-bond donors (Lipinski definition) is 0. The molecule has 1 aliphatic rings. The van der Waals surface area contributed by atoms with Crippen molar-refractivity contribution >= 4 is 17.1 Å². The fourth-order valence-corrected chi connectivity index (χ4v) is 3.05.